The van der Waals surface area contributed by atoms with Gasteiger partial charge >= 0.3 is 0 Å². The van der Waals surface area contributed by atoms with E-state index in [1.807, 2.05) is 48.5 Å². The molecule has 1 aromatic heterocycles. The topological polar surface area (TPSA) is 28.7 Å². The van der Waals surface area contributed by atoms with Crippen molar-refractivity contribution in [3.05, 3.63) is 71.4 Å². The van der Waals surface area contributed by atoms with Crippen LogP contribution in [0.15, 0.2) is 54.6 Å². The Balaban J connectivity index is 2.24. The standard InChI is InChI=1S/C19H16N2/c1-14-18(17-10-6-7-11-19(17)21(14)2)12-16(13-20)15-8-4-3-5-9-15/h3-12H,1-2H3/b16-12+. The normalized spacial score (nSPS) is 11.6. The van der Waals surface area contributed by atoms with Gasteiger partial charge in [-0.25, -0.2) is 0 Å². The van der Waals surface area contributed by atoms with Crippen LogP contribution in [0.5, 0.6) is 0 Å². The summed E-state index contributed by atoms with van der Waals surface area (Å²) < 4.78 is 2.17. The summed E-state index contributed by atoms with van der Waals surface area (Å²) in [6.07, 6.45) is 1.99. The van der Waals surface area contributed by atoms with Gasteiger partial charge in [-0.2, -0.15) is 5.26 Å². The van der Waals surface area contributed by atoms with Crippen LogP contribution in [0, 0.1) is 18.3 Å². The van der Waals surface area contributed by atoms with E-state index in [0.29, 0.717) is 5.57 Å². The predicted octanol–water partition coefficient (Wildman–Crippen LogP) is 4.55. The van der Waals surface area contributed by atoms with E-state index in [9.17, 15) is 5.26 Å². The highest BCUT2D eigenvalue weighted by Gasteiger charge is 2.11. The third-order valence-corrected chi connectivity index (χ3v) is 3.94. The number of aryl methyl sites for hydroxylation is 1. The Kier molecular flexibility index (Phi) is 3.33. The largest absolute Gasteiger partial charge is 0.347 e. The van der Waals surface area contributed by atoms with Crippen LogP contribution in [0.4, 0.5) is 0 Å². The molecule has 0 aliphatic carbocycles. The van der Waals surface area contributed by atoms with Gasteiger partial charge in [-0.05, 0) is 24.6 Å². The SMILES string of the molecule is Cc1c(/C=C(\C#N)c2ccccc2)c2ccccc2n1C. The molecule has 0 amide bonds. The summed E-state index contributed by atoms with van der Waals surface area (Å²) in [4.78, 5) is 0. The van der Waals surface area contributed by atoms with Gasteiger partial charge in [-0.1, -0.05) is 48.5 Å². The van der Waals surface area contributed by atoms with E-state index in [4.69, 9.17) is 0 Å². The Labute approximate surface area is 124 Å². The molecule has 2 heteroatoms. The molecule has 0 saturated heterocycles. The number of hydrogen-bond donors (Lipinski definition) is 0. The minimum atomic E-state index is 0.690. The highest BCUT2D eigenvalue weighted by Crippen LogP contribution is 2.28. The molecule has 0 N–H and O–H groups in total. The number of rotatable bonds is 2. The first-order chi connectivity index (χ1) is 10.2. The van der Waals surface area contributed by atoms with Crippen LogP contribution in [0.25, 0.3) is 22.6 Å². The molecule has 0 bridgehead atoms. The molecule has 102 valence electrons. The maximum absolute atomic E-state index is 9.49. The van der Waals surface area contributed by atoms with Crippen molar-refractivity contribution in [1.29, 1.82) is 5.26 Å². The van der Waals surface area contributed by atoms with Gasteiger partial charge in [-0.3, -0.25) is 0 Å². The number of benzene rings is 2. The van der Waals surface area contributed by atoms with E-state index in [2.05, 4.69) is 36.7 Å². The van der Waals surface area contributed by atoms with Gasteiger partial charge in [0.25, 0.3) is 0 Å². The molecule has 0 aliphatic heterocycles. The van der Waals surface area contributed by atoms with E-state index in [-0.39, 0.29) is 0 Å². The average molecular weight is 272 g/mol. The number of nitrogens with zero attached hydrogens (tertiary/aromatic N) is 2. The molecule has 21 heavy (non-hydrogen) atoms. The second kappa shape index (κ2) is 5.30. The maximum atomic E-state index is 9.49. The number of para-hydroxylation sites is 1. The van der Waals surface area contributed by atoms with Crippen molar-refractivity contribution in [3.63, 3.8) is 0 Å². The van der Waals surface area contributed by atoms with Gasteiger partial charge in [0.05, 0.1) is 11.6 Å². The highest BCUT2D eigenvalue weighted by molar-refractivity contribution is 5.99. The third-order valence-electron chi connectivity index (χ3n) is 3.94. The molecular weight excluding hydrogens is 256 g/mol. The molecule has 0 saturated carbocycles. The van der Waals surface area contributed by atoms with E-state index in [1.54, 1.807) is 0 Å². The minimum absolute atomic E-state index is 0.690. The lowest BCUT2D eigenvalue weighted by atomic mass is 10.0. The van der Waals surface area contributed by atoms with Crippen molar-refractivity contribution in [1.82, 2.24) is 4.57 Å². The van der Waals surface area contributed by atoms with Crippen molar-refractivity contribution in [2.24, 2.45) is 7.05 Å². The Morgan fingerprint density at radius 1 is 1.05 bits per heavy atom. The zero-order chi connectivity index (χ0) is 14.8. The summed E-state index contributed by atoms with van der Waals surface area (Å²) in [7, 11) is 2.06. The van der Waals surface area contributed by atoms with Crippen LogP contribution in [0.1, 0.15) is 16.8 Å². The molecule has 0 fully saturated rings. The first kappa shape index (κ1) is 13.2. The van der Waals surface area contributed by atoms with Crippen molar-refractivity contribution >= 4 is 22.6 Å². The molecule has 0 atom stereocenters. The molecule has 0 aliphatic rings. The molecule has 1 heterocycles. The van der Waals surface area contributed by atoms with Crippen LogP contribution in [-0.4, -0.2) is 4.57 Å². The lowest BCUT2D eigenvalue weighted by Crippen LogP contribution is -1.90. The van der Waals surface area contributed by atoms with E-state index in [1.165, 1.54) is 16.6 Å². The van der Waals surface area contributed by atoms with Gasteiger partial charge < -0.3 is 4.57 Å². The van der Waals surface area contributed by atoms with Crippen LogP contribution < -0.4 is 0 Å². The van der Waals surface area contributed by atoms with Crippen LogP contribution in [-0.2, 0) is 7.05 Å². The summed E-state index contributed by atoms with van der Waals surface area (Å²) in [6, 6.07) is 20.4. The first-order valence-electron chi connectivity index (χ1n) is 6.93. The zero-order valence-corrected chi connectivity index (χ0v) is 12.2. The molecule has 3 aromatic rings. The number of hydrogen-bond acceptors (Lipinski definition) is 1. The van der Waals surface area contributed by atoms with E-state index >= 15 is 0 Å². The minimum Gasteiger partial charge on any atom is -0.347 e. The van der Waals surface area contributed by atoms with Gasteiger partial charge in [0.15, 0.2) is 0 Å². The van der Waals surface area contributed by atoms with Crippen molar-refractivity contribution < 1.29 is 0 Å². The molecule has 3 rings (SSSR count). The third kappa shape index (κ3) is 2.23. The molecule has 0 radical (unpaired) electrons. The molecule has 0 spiro atoms. The number of nitriles is 1. The predicted molar refractivity (Wildman–Crippen MR) is 87.6 cm³/mol. The van der Waals surface area contributed by atoms with Crippen molar-refractivity contribution in [2.75, 3.05) is 0 Å². The second-order valence-corrected chi connectivity index (χ2v) is 5.11. The summed E-state index contributed by atoms with van der Waals surface area (Å²) in [5, 5.41) is 10.7. The van der Waals surface area contributed by atoms with Crippen LogP contribution >= 0.6 is 0 Å². The van der Waals surface area contributed by atoms with Crippen LogP contribution in [0.2, 0.25) is 0 Å². The Bertz CT molecular complexity index is 862. The van der Waals surface area contributed by atoms with E-state index in [0.717, 1.165) is 11.1 Å². The summed E-state index contributed by atoms with van der Waals surface area (Å²) in [5.41, 5.74) is 5.11. The monoisotopic (exact) mass is 272 g/mol. The fourth-order valence-electron chi connectivity index (χ4n) is 2.67. The lowest BCUT2D eigenvalue weighted by Gasteiger charge is -2.00. The van der Waals surface area contributed by atoms with Gasteiger partial charge in [0.1, 0.15) is 0 Å². The summed E-state index contributed by atoms with van der Waals surface area (Å²) in [5.74, 6) is 0. The van der Waals surface area contributed by atoms with Gasteiger partial charge in [0, 0.05) is 29.2 Å². The van der Waals surface area contributed by atoms with Gasteiger partial charge in [0.2, 0.25) is 0 Å². The zero-order valence-electron chi connectivity index (χ0n) is 12.2. The Morgan fingerprint density at radius 2 is 1.71 bits per heavy atom. The van der Waals surface area contributed by atoms with Crippen molar-refractivity contribution in [2.45, 2.75) is 6.92 Å². The molecular formula is C19H16N2. The molecule has 0 unspecified atom stereocenters. The first-order valence-corrected chi connectivity index (χ1v) is 6.93. The fourth-order valence-corrected chi connectivity index (χ4v) is 2.67. The van der Waals surface area contributed by atoms with Crippen LogP contribution in [0.3, 0.4) is 0 Å². The Morgan fingerprint density at radius 3 is 2.43 bits per heavy atom. The summed E-state index contributed by atoms with van der Waals surface area (Å²) in [6.45, 7) is 2.09. The quantitative estimate of drug-likeness (QED) is 0.629. The summed E-state index contributed by atoms with van der Waals surface area (Å²) >= 11 is 0. The number of fused-ring (bicyclic) bond motifs is 1. The number of allylic oxidation sites excluding steroid dienone is 1. The van der Waals surface area contributed by atoms with Gasteiger partial charge in [-0.15, -0.1) is 0 Å². The highest BCUT2D eigenvalue weighted by atomic mass is 14.9. The maximum Gasteiger partial charge on any atom is 0.0998 e. The van der Waals surface area contributed by atoms with Crippen molar-refractivity contribution in [3.8, 4) is 6.07 Å². The smallest absolute Gasteiger partial charge is 0.0998 e. The molecule has 2 aromatic carbocycles. The van der Waals surface area contributed by atoms with E-state index < -0.39 is 0 Å². The second-order valence-electron chi connectivity index (χ2n) is 5.11. The molecule has 2 nitrogen and oxygen atoms in total. The lowest BCUT2D eigenvalue weighted by molar-refractivity contribution is 0.916. The Hall–Kier alpha value is -2.79. The fraction of sp³-hybridized carbons (Fsp3) is 0.105. The average Bonchev–Trinajstić information content (AvgIpc) is 2.78. The number of aromatic nitrogens is 1.